The molecule has 0 amide bonds. The average molecular weight is 405 g/mol. The molecule has 1 aliphatic rings. The van der Waals surface area contributed by atoms with E-state index in [1.165, 1.54) is 14.7 Å². The van der Waals surface area contributed by atoms with E-state index in [-0.39, 0.29) is 0 Å². The fourth-order valence-corrected chi connectivity index (χ4v) is 3.14. The summed E-state index contributed by atoms with van der Waals surface area (Å²) < 4.78 is 7.10. The monoisotopic (exact) mass is 405 g/mol. The molecule has 0 aromatic heterocycles. The summed E-state index contributed by atoms with van der Waals surface area (Å²) in [4.78, 5) is 2.48. The first-order valence-electron chi connectivity index (χ1n) is 7.63. The van der Waals surface area contributed by atoms with Crippen molar-refractivity contribution in [3.63, 3.8) is 0 Å². The van der Waals surface area contributed by atoms with Crippen LogP contribution in [0.25, 0.3) is 0 Å². The van der Waals surface area contributed by atoms with Gasteiger partial charge < -0.3 is 4.74 Å². The molecule has 0 radical (unpaired) electrons. The summed E-state index contributed by atoms with van der Waals surface area (Å²) in [5, 5.41) is 0. The van der Waals surface area contributed by atoms with Gasteiger partial charge in [0.05, 0.1) is 3.57 Å². The van der Waals surface area contributed by atoms with Crippen LogP contribution in [0.5, 0.6) is 5.75 Å². The van der Waals surface area contributed by atoms with Crippen LogP contribution in [-0.4, -0.2) is 24.6 Å². The van der Waals surface area contributed by atoms with Crippen LogP contribution < -0.4 is 4.74 Å². The van der Waals surface area contributed by atoms with Crippen molar-refractivity contribution in [2.75, 3.05) is 19.7 Å². The van der Waals surface area contributed by atoms with Gasteiger partial charge in [0.1, 0.15) is 12.4 Å². The number of hydrogen-bond donors (Lipinski definition) is 0. The SMILES string of the molecule is Ic1ccccc1OCC1=CCN(Cc2ccccc2)CC1. The molecule has 0 fully saturated rings. The highest BCUT2D eigenvalue weighted by Gasteiger charge is 2.12. The Morgan fingerprint density at radius 3 is 2.50 bits per heavy atom. The molecule has 22 heavy (non-hydrogen) atoms. The van der Waals surface area contributed by atoms with E-state index < -0.39 is 0 Å². The Kier molecular flexibility index (Phi) is 5.51. The Morgan fingerprint density at radius 1 is 1.00 bits per heavy atom. The van der Waals surface area contributed by atoms with E-state index in [0.717, 1.165) is 31.8 Å². The quantitative estimate of drug-likeness (QED) is 0.537. The van der Waals surface area contributed by atoms with Crippen LogP contribution in [0.4, 0.5) is 0 Å². The Bertz CT molecular complexity index is 639. The molecular formula is C19H20INO. The normalized spacial score (nSPS) is 15.4. The van der Waals surface area contributed by atoms with Crippen LogP contribution >= 0.6 is 22.6 Å². The fourth-order valence-electron chi connectivity index (χ4n) is 2.60. The van der Waals surface area contributed by atoms with Gasteiger partial charge in [-0.3, -0.25) is 4.90 Å². The first kappa shape index (κ1) is 15.6. The number of rotatable bonds is 5. The highest BCUT2D eigenvalue weighted by atomic mass is 127. The molecule has 0 unspecified atom stereocenters. The summed E-state index contributed by atoms with van der Waals surface area (Å²) in [6.07, 6.45) is 3.42. The Labute approximate surface area is 145 Å². The molecule has 1 heterocycles. The van der Waals surface area contributed by atoms with Gasteiger partial charge in [-0.25, -0.2) is 0 Å². The third-order valence-electron chi connectivity index (χ3n) is 3.89. The topological polar surface area (TPSA) is 12.5 Å². The van der Waals surface area contributed by atoms with Crippen LogP contribution in [0.3, 0.4) is 0 Å². The maximum absolute atomic E-state index is 5.94. The summed E-state index contributed by atoms with van der Waals surface area (Å²) in [7, 11) is 0. The van der Waals surface area contributed by atoms with E-state index in [1.54, 1.807) is 0 Å². The molecule has 2 aromatic rings. The van der Waals surface area contributed by atoms with E-state index in [4.69, 9.17) is 4.74 Å². The second kappa shape index (κ2) is 7.79. The minimum absolute atomic E-state index is 0.708. The molecule has 0 spiro atoms. The molecule has 2 aromatic carbocycles. The highest BCUT2D eigenvalue weighted by molar-refractivity contribution is 14.1. The summed E-state index contributed by atoms with van der Waals surface area (Å²) in [6, 6.07) is 18.8. The lowest BCUT2D eigenvalue weighted by Gasteiger charge is -2.26. The largest absolute Gasteiger partial charge is 0.488 e. The molecule has 1 aliphatic heterocycles. The molecule has 2 nitrogen and oxygen atoms in total. The molecule has 0 N–H and O–H groups in total. The average Bonchev–Trinajstić information content (AvgIpc) is 2.56. The second-order valence-corrected chi connectivity index (χ2v) is 6.71. The van der Waals surface area contributed by atoms with Crippen molar-refractivity contribution < 1.29 is 4.74 Å². The number of nitrogens with zero attached hydrogens (tertiary/aromatic N) is 1. The van der Waals surface area contributed by atoms with Crippen LogP contribution in [0.1, 0.15) is 12.0 Å². The van der Waals surface area contributed by atoms with Gasteiger partial charge in [-0.2, -0.15) is 0 Å². The van der Waals surface area contributed by atoms with Gasteiger partial charge in [0, 0.05) is 19.6 Å². The third kappa shape index (κ3) is 4.34. The number of benzene rings is 2. The summed E-state index contributed by atoms with van der Waals surface area (Å²) in [6.45, 7) is 3.86. The molecule has 3 heteroatoms. The minimum Gasteiger partial charge on any atom is -0.488 e. The lowest BCUT2D eigenvalue weighted by Crippen LogP contribution is -2.29. The van der Waals surface area contributed by atoms with Gasteiger partial charge in [-0.15, -0.1) is 0 Å². The van der Waals surface area contributed by atoms with E-state index >= 15 is 0 Å². The summed E-state index contributed by atoms with van der Waals surface area (Å²) >= 11 is 2.32. The lowest BCUT2D eigenvalue weighted by molar-refractivity contribution is 0.270. The van der Waals surface area contributed by atoms with Gasteiger partial charge in [-0.05, 0) is 52.3 Å². The van der Waals surface area contributed by atoms with Crippen molar-refractivity contribution >= 4 is 22.6 Å². The van der Waals surface area contributed by atoms with E-state index in [2.05, 4.69) is 70.0 Å². The zero-order valence-electron chi connectivity index (χ0n) is 12.5. The van der Waals surface area contributed by atoms with Gasteiger partial charge in [0.2, 0.25) is 0 Å². The van der Waals surface area contributed by atoms with Crippen LogP contribution in [0, 0.1) is 3.57 Å². The molecule has 3 rings (SSSR count). The maximum Gasteiger partial charge on any atom is 0.133 e. The van der Waals surface area contributed by atoms with Crippen molar-refractivity contribution in [3.05, 3.63) is 75.4 Å². The van der Waals surface area contributed by atoms with Gasteiger partial charge >= 0.3 is 0 Å². The van der Waals surface area contributed by atoms with Gasteiger partial charge in [-0.1, -0.05) is 48.5 Å². The molecule has 0 bridgehead atoms. The second-order valence-electron chi connectivity index (χ2n) is 5.55. The molecule has 114 valence electrons. The van der Waals surface area contributed by atoms with Crippen LogP contribution in [-0.2, 0) is 6.54 Å². The zero-order valence-corrected chi connectivity index (χ0v) is 14.7. The van der Waals surface area contributed by atoms with E-state index in [9.17, 15) is 0 Å². The first-order valence-corrected chi connectivity index (χ1v) is 8.70. The van der Waals surface area contributed by atoms with Crippen molar-refractivity contribution in [2.45, 2.75) is 13.0 Å². The highest BCUT2D eigenvalue weighted by Crippen LogP contribution is 2.21. The predicted octanol–water partition coefficient (Wildman–Crippen LogP) is 4.50. The van der Waals surface area contributed by atoms with E-state index in [0.29, 0.717) is 6.61 Å². The van der Waals surface area contributed by atoms with Crippen LogP contribution in [0.15, 0.2) is 66.2 Å². The van der Waals surface area contributed by atoms with Gasteiger partial charge in [0.15, 0.2) is 0 Å². The standard InChI is InChI=1S/C19H20INO/c20-18-8-4-5-9-19(18)22-15-17-10-12-21(13-11-17)14-16-6-2-1-3-7-16/h1-10H,11-15H2. The minimum atomic E-state index is 0.708. The molecule has 0 saturated heterocycles. The molecule has 0 saturated carbocycles. The third-order valence-corrected chi connectivity index (χ3v) is 4.78. The molecule has 0 atom stereocenters. The number of halogens is 1. The number of hydrogen-bond acceptors (Lipinski definition) is 2. The van der Waals surface area contributed by atoms with Crippen molar-refractivity contribution in [2.24, 2.45) is 0 Å². The molecular weight excluding hydrogens is 385 g/mol. The Morgan fingerprint density at radius 2 is 1.77 bits per heavy atom. The maximum atomic E-state index is 5.94. The zero-order chi connectivity index (χ0) is 15.2. The lowest BCUT2D eigenvalue weighted by atomic mass is 10.1. The first-order chi connectivity index (χ1) is 10.8. The Balaban J connectivity index is 1.50. The van der Waals surface area contributed by atoms with Gasteiger partial charge in [0.25, 0.3) is 0 Å². The summed E-state index contributed by atoms with van der Waals surface area (Å²) in [5.74, 6) is 0.982. The predicted molar refractivity (Wildman–Crippen MR) is 99.1 cm³/mol. The smallest absolute Gasteiger partial charge is 0.133 e. The van der Waals surface area contributed by atoms with E-state index in [1.807, 2.05) is 18.2 Å². The number of ether oxygens (including phenoxy) is 1. The van der Waals surface area contributed by atoms with Crippen molar-refractivity contribution in [3.8, 4) is 5.75 Å². The summed E-state index contributed by atoms with van der Waals surface area (Å²) in [5.41, 5.74) is 2.79. The molecule has 0 aliphatic carbocycles. The van der Waals surface area contributed by atoms with Crippen molar-refractivity contribution in [1.82, 2.24) is 4.90 Å². The number of para-hydroxylation sites is 1. The van der Waals surface area contributed by atoms with Crippen molar-refractivity contribution in [1.29, 1.82) is 0 Å². The Hall–Kier alpha value is -1.33. The van der Waals surface area contributed by atoms with Crippen LogP contribution in [0.2, 0.25) is 0 Å². The fraction of sp³-hybridized carbons (Fsp3) is 0.263.